The third kappa shape index (κ3) is 5.87. The van der Waals surface area contributed by atoms with E-state index in [1.807, 2.05) is 0 Å². The molecule has 12 heteroatoms. The van der Waals surface area contributed by atoms with Gasteiger partial charge in [-0.2, -0.15) is 0 Å². The summed E-state index contributed by atoms with van der Waals surface area (Å²) in [5.41, 5.74) is 5.16. The molecule has 2 fully saturated rings. The number of hydrogen-bond donors (Lipinski definition) is 6. The summed E-state index contributed by atoms with van der Waals surface area (Å²) < 4.78 is 0. The van der Waals surface area contributed by atoms with Gasteiger partial charge in [0.15, 0.2) is 0 Å². The monoisotopic (exact) mass is 413 g/mol. The van der Waals surface area contributed by atoms with Crippen LogP contribution in [0, 0.1) is 0 Å². The Morgan fingerprint density at radius 2 is 1.83 bits per heavy atom. The van der Waals surface area contributed by atoms with E-state index in [0.717, 1.165) is 11.3 Å². The van der Waals surface area contributed by atoms with Gasteiger partial charge in [0.2, 0.25) is 23.6 Å². The van der Waals surface area contributed by atoms with Crippen LogP contribution < -0.4 is 21.7 Å². The Labute approximate surface area is 167 Å². The predicted octanol–water partition coefficient (Wildman–Crippen LogP) is -3.35. The molecule has 0 aromatic rings. The average Bonchev–Trinajstić information content (AvgIpc) is 3.36. The van der Waals surface area contributed by atoms with Crippen molar-refractivity contribution in [2.45, 2.75) is 56.3 Å². The van der Waals surface area contributed by atoms with Gasteiger partial charge in [-0.25, -0.2) is 4.79 Å². The molecule has 0 saturated carbocycles. The fraction of sp³-hybridized carbons (Fsp3) is 0.706. The molecule has 12 nitrogen and oxygen atoms in total. The summed E-state index contributed by atoms with van der Waals surface area (Å²) in [6.07, 6.45) is 1.66. The van der Waals surface area contributed by atoms with Gasteiger partial charge in [0.05, 0.1) is 19.1 Å². The van der Waals surface area contributed by atoms with E-state index < -0.39 is 66.8 Å². The summed E-state index contributed by atoms with van der Waals surface area (Å²) in [7, 11) is 0. The maximum absolute atomic E-state index is 12.6. The van der Waals surface area contributed by atoms with E-state index in [4.69, 9.17) is 5.73 Å². The zero-order valence-electron chi connectivity index (χ0n) is 15.9. The minimum absolute atomic E-state index is 0.191. The van der Waals surface area contributed by atoms with Gasteiger partial charge in [0.1, 0.15) is 18.1 Å². The molecule has 4 amide bonds. The second-order valence-corrected chi connectivity index (χ2v) is 7.15. The number of aliphatic carboxylic acids is 1. The highest BCUT2D eigenvalue weighted by molar-refractivity contribution is 5.96. The minimum Gasteiger partial charge on any atom is -0.480 e. The highest BCUT2D eigenvalue weighted by atomic mass is 16.4. The number of nitrogens with zero attached hydrogens (tertiary/aromatic N) is 1. The molecule has 0 aromatic heterocycles. The van der Waals surface area contributed by atoms with E-state index in [0.29, 0.717) is 19.4 Å². The highest BCUT2D eigenvalue weighted by Crippen LogP contribution is 2.18. The zero-order chi connectivity index (χ0) is 21.6. The summed E-state index contributed by atoms with van der Waals surface area (Å²) in [5, 5.41) is 26.4. The number of nitrogens with two attached hydrogens (primary N) is 1. The van der Waals surface area contributed by atoms with Gasteiger partial charge in [-0.3, -0.25) is 19.2 Å². The van der Waals surface area contributed by atoms with Gasteiger partial charge in [0.25, 0.3) is 0 Å². The number of carboxylic acid groups (broad SMARTS) is 1. The van der Waals surface area contributed by atoms with Gasteiger partial charge in [-0.1, -0.05) is 0 Å². The number of carboxylic acids is 1. The van der Waals surface area contributed by atoms with Crippen LogP contribution in [0.2, 0.25) is 0 Å². The van der Waals surface area contributed by atoms with Crippen LogP contribution in [0.25, 0.3) is 0 Å². The lowest BCUT2D eigenvalue weighted by atomic mass is 10.1. The van der Waals surface area contributed by atoms with E-state index >= 15 is 0 Å². The normalized spacial score (nSPS) is 23.3. The third-order valence-electron chi connectivity index (χ3n) is 5.03. The van der Waals surface area contributed by atoms with Crippen molar-refractivity contribution >= 4 is 29.6 Å². The van der Waals surface area contributed by atoms with Crippen molar-refractivity contribution in [3.63, 3.8) is 0 Å². The van der Waals surface area contributed by atoms with Crippen molar-refractivity contribution in [1.29, 1.82) is 0 Å². The number of nitrogens with one attached hydrogen (secondary N) is 3. The quantitative estimate of drug-likeness (QED) is 0.226. The van der Waals surface area contributed by atoms with Crippen LogP contribution in [-0.2, 0) is 24.0 Å². The standard InChI is InChI=1S/C17H27N5O7/c18-13(24)7-10(20-14(25)9-3-1-5-19-9)15(26)21-11(8-23)16(27)22-6-2-4-12(22)17(28)29/h9-12,19,23H,1-8H2,(H2,18,24)(H,20,25)(H,21,26)(H,28,29). The van der Waals surface area contributed by atoms with Gasteiger partial charge >= 0.3 is 5.97 Å². The Bertz CT molecular complexity index is 665. The van der Waals surface area contributed by atoms with Crippen LogP contribution in [0.15, 0.2) is 0 Å². The number of aliphatic hydroxyl groups is 1. The molecule has 2 heterocycles. The maximum Gasteiger partial charge on any atom is 0.326 e. The van der Waals surface area contributed by atoms with E-state index in [1.165, 1.54) is 0 Å². The Hall–Kier alpha value is -2.73. The number of primary amides is 1. The number of likely N-dealkylation sites (tertiary alicyclic amines) is 1. The van der Waals surface area contributed by atoms with Gasteiger partial charge < -0.3 is 36.8 Å². The fourth-order valence-electron chi connectivity index (χ4n) is 3.54. The smallest absolute Gasteiger partial charge is 0.326 e. The first-order valence-corrected chi connectivity index (χ1v) is 9.51. The van der Waals surface area contributed by atoms with Crippen molar-refractivity contribution < 1.29 is 34.2 Å². The van der Waals surface area contributed by atoms with Crippen LogP contribution in [0.5, 0.6) is 0 Å². The van der Waals surface area contributed by atoms with Crippen molar-refractivity contribution in [3.05, 3.63) is 0 Å². The lowest BCUT2D eigenvalue weighted by Gasteiger charge is -2.27. The lowest BCUT2D eigenvalue weighted by Crippen LogP contribution is -2.58. The summed E-state index contributed by atoms with van der Waals surface area (Å²) in [5.74, 6) is -4.08. The number of rotatable bonds is 9. The van der Waals surface area contributed by atoms with Crippen LogP contribution >= 0.6 is 0 Å². The van der Waals surface area contributed by atoms with Gasteiger partial charge in [0, 0.05) is 6.54 Å². The molecule has 0 aromatic carbocycles. The highest BCUT2D eigenvalue weighted by Gasteiger charge is 2.38. The largest absolute Gasteiger partial charge is 0.480 e. The number of hydrogen-bond acceptors (Lipinski definition) is 7. The molecule has 162 valence electrons. The Morgan fingerprint density at radius 1 is 1.10 bits per heavy atom. The summed E-state index contributed by atoms with van der Waals surface area (Å²) >= 11 is 0. The second kappa shape index (κ2) is 10.2. The number of aliphatic hydroxyl groups excluding tert-OH is 1. The second-order valence-electron chi connectivity index (χ2n) is 7.15. The Kier molecular flexibility index (Phi) is 7.91. The molecule has 7 N–H and O–H groups in total. The minimum atomic E-state index is -1.40. The molecular formula is C17H27N5O7. The van der Waals surface area contributed by atoms with Crippen molar-refractivity contribution in [1.82, 2.24) is 20.9 Å². The van der Waals surface area contributed by atoms with E-state index in [2.05, 4.69) is 16.0 Å². The van der Waals surface area contributed by atoms with Crippen molar-refractivity contribution in [2.75, 3.05) is 19.7 Å². The van der Waals surface area contributed by atoms with Crippen LogP contribution in [0.3, 0.4) is 0 Å². The lowest BCUT2D eigenvalue weighted by molar-refractivity contribution is -0.150. The first-order valence-electron chi connectivity index (χ1n) is 9.51. The van der Waals surface area contributed by atoms with E-state index in [9.17, 15) is 34.2 Å². The van der Waals surface area contributed by atoms with E-state index in [-0.39, 0.29) is 13.0 Å². The molecule has 2 rings (SSSR count). The summed E-state index contributed by atoms with van der Waals surface area (Å²) in [6, 6.07) is -4.24. The molecule has 2 aliphatic heterocycles. The average molecular weight is 413 g/mol. The molecule has 4 atom stereocenters. The molecule has 0 bridgehead atoms. The van der Waals surface area contributed by atoms with Crippen molar-refractivity contribution in [3.8, 4) is 0 Å². The van der Waals surface area contributed by atoms with Crippen molar-refractivity contribution in [2.24, 2.45) is 5.73 Å². The molecule has 4 unspecified atom stereocenters. The SMILES string of the molecule is NC(=O)CC(NC(=O)C1CCCN1)C(=O)NC(CO)C(=O)N1CCCC1C(=O)O. The number of carbonyl (C=O) groups excluding carboxylic acids is 4. The first-order chi connectivity index (χ1) is 13.7. The molecular weight excluding hydrogens is 386 g/mol. The Balaban J connectivity index is 2.04. The fourth-order valence-corrected chi connectivity index (χ4v) is 3.54. The maximum atomic E-state index is 12.6. The number of amides is 4. The van der Waals surface area contributed by atoms with Crippen LogP contribution in [0.1, 0.15) is 32.1 Å². The molecule has 0 radical (unpaired) electrons. The Morgan fingerprint density at radius 3 is 2.38 bits per heavy atom. The zero-order valence-corrected chi connectivity index (χ0v) is 15.9. The predicted molar refractivity (Wildman–Crippen MR) is 98.2 cm³/mol. The molecule has 2 saturated heterocycles. The summed E-state index contributed by atoms with van der Waals surface area (Å²) in [6.45, 7) is 0.0816. The first kappa shape index (κ1) is 22.6. The summed E-state index contributed by atoms with van der Waals surface area (Å²) in [4.78, 5) is 61.1. The topological polar surface area (TPSA) is 191 Å². The third-order valence-corrected chi connectivity index (χ3v) is 5.03. The van der Waals surface area contributed by atoms with Gasteiger partial charge in [-0.15, -0.1) is 0 Å². The van der Waals surface area contributed by atoms with Crippen LogP contribution in [-0.4, -0.2) is 88.6 Å². The van der Waals surface area contributed by atoms with E-state index in [1.54, 1.807) is 0 Å². The molecule has 0 aliphatic carbocycles. The molecule has 0 spiro atoms. The molecule has 2 aliphatic rings. The molecule has 29 heavy (non-hydrogen) atoms. The van der Waals surface area contributed by atoms with Crippen LogP contribution in [0.4, 0.5) is 0 Å². The van der Waals surface area contributed by atoms with Gasteiger partial charge in [-0.05, 0) is 32.2 Å². The number of carbonyl (C=O) groups is 5.